The largest absolute Gasteiger partial charge is 0.490 e. The summed E-state index contributed by atoms with van der Waals surface area (Å²) in [6.07, 6.45) is -0.715. The third-order valence-electron chi connectivity index (χ3n) is 4.74. The lowest BCUT2D eigenvalue weighted by Crippen LogP contribution is -2.31. The minimum Gasteiger partial charge on any atom is -0.475 e. The molecule has 0 saturated carbocycles. The third kappa shape index (κ3) is 6.09. The zero-order chi connectivity index (χ0) is 22.5. The summed E-state index contributed by atoms with van der Waals surface area (Å²) in [5.41, 5.74) is 2.19. The van der Waals surface area contributed by atoms with E-state index in [4.69, 9.17) is 14.3 Å². The number of nitrogens with zero attached hydrogens (tertiary/aromatic N) is 4. The number of hydrogen-bond acceptors (Lipinski definition) is 5. The highest BCUT2D eigenvalue weighted by atomic mass is 19.4. The van der Waals surface area contributed by atoms with Crippen LogP contribution >= 0.6 is 0 Å². The molecule has 11 heteroatoms. The highest BCUT2D eigenvalue weighted by Crippen LogP contribution is 2.20. The molecule has 30 heavy (non-hydrogen) atoms. The topological polar surface area (TPSA) is 91.8 Å². The van der Waals surface area contributed by atoms with Gasteiger partial charge in [-0.2, -0.15) is 13.2 Å². The summed E-state index contributed by atoms with van der Waals surface area (Å²) in [5, 5.41) is 7.12. The van der Waals surface area contributed by atoms with E-state index in [9.17, 15) is 18.0 Å². The quantitative estimate of drug-likeness (QED) is 0.802. The summed E-state index contributed by atoms with van der Waals surface area (Å²) in [6.45, 7) is 7.35. The molecule has 2 aromatic rings. The Kier molecular flexibility index (Phi) is 7.65. The Morgan fingerprint density at radius 1 is 1.33 bits per heavy atom. The van der Waals surface area contributed by atoms with E-state index >= 15 is 0 Å². The average Bonchev–Trinajstić information content (AvgIpc) is 3.26. The van der Waals surface area contributed by atoms with Crippen molar-refractivity contribution in [3.05, 3.63) is 41.9 Å². The predicted octanol–water partition coefficient (Wildman–Crippen LogP) is 3.00. The van der Waals surface area contributed by atoms with Crippen molar-refractivity contribution in [2.24, 2.45) is 0 Å². The fourth-order valence-electron chi connectivity index (χ4n) is 2.80. The van der Waals surface area contributed by atoms with Crippen molar-refractivity contribution in [2.75, 3.05) is 13.6 Å². The molecule has 1 aliphatic heterocycles. The van der Waals surface area contributed by atoms with Crippen molar-refractivity contribution in [1.82, 2.24) is 19.4 Å². The molecular weight excluding hydrogens is 405 g/mol. The Bertz CT molecular complexity index is 847. The normalized spacial score (nSPS) is 14.2. The summed E-state index contributed by atoms with van der Waals surface area (Å²) in [5.74, 6) is -2.40. The summed E-state index contributed by atoms with van der Waals surface area (Å²) < 4.78 is 39.2. The van der Waals surface area contributed by atoms with Crippen molar-refractivity contribution in [1.29, 1.82) is 0 Å². The molecule has 0 saturated heterocycles. The first-order valence-corrected chi connectivity index (χ1v) is 9.36. The van der Waals surface area contributed by atoms with E-state index in [2.05, 4.69) is 35.3 Å². The van der Waals surface area contributed by atoms with E-state index in [0.29, 0.717) is 18.3 Å². The maximum atomic E-state index is 12.6. The maximum Gasteiger partial charge on any atom is 0.490 e. The molecule has 0 radical (unpaired) electrons. The molecule has 0 aromatic carbocycles. The minimum absolute atomic E-state index is 0.0483. The van der Waals surface area contributed by atoms with E-state index in [1.54, 1.807) is 18.4 Å². The monoisotopic (exact) mass is 430 g/mol. The maximum absolute atomic E-state index is 12.6. The number of fused-ring (bicyclic) bond motifs is 1. The first-order chi connectivity index (χ1) is 14.0. The van der Waals surface area contributed by atoms with E-state index in [0.717, 1.165) is 37.4 Å². The molecule has 8 nitrogen and oxygen atoms in total. The van der Waals surface area contributed by atoms with E-state index in [1.165, 1.54) is 0 Å². The molecular formula is C19H25F3N4O4. The van der Waals surface area contributed by atoms with Gasteiger partial charge in [0.05, 0.1) is 30.5 Å². The molecule has 166 valence electrons. The van der Waals surface area contributed by atoms with Crippen LogP contribution in [0.4, 0.5) is 13.2 Å². The number of amides is 1. The molecule has 3 heterocycles. The van der Waals surface area contributed by atoms with Crippen LogP contribution in [0.15, 0.2) is 29.1 Å². The van der Waals surface area contributed by atoms with Crippen molar-refractivity contribution in [3.8, 4) is 0 Å². The molecule has 3 rings (SSSR count). The standard InChI is InChI=1S/C17H24N4O2.C2HF3O2/c1-13(2)19(3)10-14-15-11-20(7-5-8-21(15)12-18-14)17(22)16-6-4-9-23-16;3-2(4,5)1(6)7/h4,6,9,12-13H,5,7-8,10-11H2,1-3H3;(H,6,7). The van der Waals surface area contributed by atoms with Gasteiger partial charge in [0.2, 0.25) is 0 Å². The number of aryl methyl sites for hydroxylation is 1. The van der Waals surface area contributed by atoms with E-state index < -0.39 is 12.1 Å². The molecule has 0 bridgehead atoms. The number of carbonyl (C=O) groups excluding carboxylic acids is 1. The number of aliphatic carboxylic acids is 1. The second kappa shape index (κ2) is 9.79. The van der Waals surface area contributed by atoms with Gasteiger partial charge in [-0.15, -0.1) is 0 Å². The van der Waals surface area contributed by atoms with Crippen LogP contribution in [0.3, 0.4) is 0 Å². The van der Waals surface area contributed by atoms with Crippen molar-refractivity contribution in [3.63, 3.8) is 0 Å². The lowest BCUT2D eigenvalue weighted by Gasteiger charge is -2.22. The van der Waals surface area contributed by atoms with Crippen molar-refractivity contribution < 1.29 is 32.3 Å². The van der Waals surface area contributed by atoms with Gasteiger partial charge in [0.25, 0.3) is 5.91 Å². The number of aromatic nitrogens is 2. The number of hydrogen-bond donors (Lipinski definition) is 1. The number of imidazole rings is 1. The van der Waals surface area contributed by atoms with Gasteiger partial charge in [0.15, 0.2) is 5.76 Å². The zero-order valence-corrected chi connectivity index (χ0v) is 17.0. The van der Waals surface area contributed by atoms with Crippen LogP contribution in [0, 0.1) is 0 Å². The van der Waals surface area contributed by atoms with Gasteiger partial charge in [-0.1, -0.05) is 0 Å². The molecule has 0 atom stereocenters. The van der Waals surface area contributed by atoms with Crippen LogP contribution < -0.4 is 0 Å². The van der Waals surface area contributed by atoms with Gasteiger partial charge in [0.1, 0.15) is 0 Å². The SMILES string of the molecule is CC(C)N(C)Cc1ncn2c1CN(C(=O)c1ccco1)CCC2.O=C(O)C(F)(F)F. The first kappa shape index (κ1) is 23.5. The Balaban J connectivity index is 0.000000396. The van der Waals surface area contributed by atoms with Gasteiger partial charge in [-0.05, 0) is 39.4 Å². The summed E-state index contributed by atoms with van der Waals surface area (Å²) in [7, 11) is 2.10. The van der Waals surface area contributed by atoms with Crippen molar-refractivity contribution >= 4 is 11.9 Å². The highest BCUT2D eigenvalue weighted by Gasteiger charge is 2.38. The van der Waals surface area contributed by atoms with E-state index in [-0.39, 0.29) is 5.91 Å². The second-order valence-electron chi connectivity index (χ2n) is 7.20. The zero-order valence-electron chi connectivity index (χ0n) is 17.0. The van der Waals surface area contributed by atoms with Crippen LogP contribution in [0.5, 0.6) is 0 Å². The molecule has 1 aliphatic rings. The van der Waals surface area contributed by atoms with Gasteiger partial charge >= 0.3 is 12.1 Å². The lowest BCUT2D eigenvalue weighted by molar-refractivity contribution is -0.192. The number of alkyl halides is 3. The van der Waals surface area contributed by atoms with Gasteiger partial charge < -0.3 is 19.0 Å². The van der Waals surface area contributed by atoms with Crippen molar-refractivity contribution in [2.45, 2.75) is 52.1 Å². The van der Waals surface area contributed by atoms with Gasteiger partial charge in [-0.3, -0.25) is 9.69 Å². The number of furan rings is 1. The van der Waals surface area contributed by atoms with Gasteiger partial charge in [-0.25, -0.2) is 9.78 Å². The minimum atomic E-state index is -5.08. The smallest absolute Gasteiger partial charge is 0.475 e. The number of carboxylic acid groups (broad SMARTS) is 1. The predicted molar refractivity (Wildman–Crippen MR) is 101 cm³/mol. The lowest BCUT2D eigenvalue weighted by atomic mass is 10.2. The van der Waals surface area contributed by atoms with Crippen LogP contribution in [-0.4, -0.2) is 62.1 Å². The Morgan fingerprint density at radius 3 is 2.53 bits per heavy atom. The van der Waals surface area contributed by atoms with E-state index in [1.807, 2.05) is 11.2 Å². The fraction of sp³-hybridized carbons (Fsp3) is 0.526. The van der Waals surface area contributed by atoms with Gasteiger partial charge in [0, 0.05) is 25.7 Å². The van der Waals surface area contributed by atoms with Crippen LogP contribution in [0.1, 0.15) is 42.2 Å². The van der Waals surface area contributed by atoms with Crippen LogP contribution in [0.2, 0.25) is 0 Å². The first-order valence-electron chi connectivity index (χ1n) is 9.36. The second-order valence-corrected chi connectivity index (χ2v) is 7.20. The third-order valence-corrected chi connectivity index (χ3v) is 4.74. The molecule has 0 fully saturated rings. The Morgan fingerprint density at radius 2 is 2.00 bits per heavy atom. The molecule has 0 aliphatic carbocycles. The van der Waals surface area contributed by atoms with Crippen LogP contribution in [-0.2, 0) is 24.4 Å². The molecule has 1 amide bonds. The molecule has 0 unspecified atom stereocenters. The number of carbonyl (C=O) groups is 2. The molecule has 2 aromatic heterocycles. The average molecular weight is 430 g/mol. The number of rotatable bonds is 4. The molecule has 1 N–H and O–H groups in total. The number of carboxylic acids is 1. The Hall–Kier alpha value is -2.82. The molecule has 0 spiro atoms. The summed E-state index contributed by atoms with van der Waals surface area (Å²) in [4.78, 5) is 30.2. The fourth-order valence-corrected chi connectivity index (χ4v) is 2.80. The summed E-state index contributed by atoms with van der Waals surface area (Å²) in [6, 6.07) is 3.93. The van der Waals surface area contributed by atoms with Crippen LogP contribution in [0.25, 0.3) is 0 Å². The number of halogens is 3. The highest BCUT2D eigenvalue weighted by molar-refractivity contribution is 5.91. The Labute approximate surface area is 171 Å². The summed E-state index contributed by atoms with van der Waals surface area (Å²) >= 11 is 0.